The van der Waals surface area contributed by atoms with Crippen molar-refractivity contribution < 1.29 is 14.3 Å². The van der Waals surface area contributed by atoms with Gasteiger partial charge >= 0.3 is 5.97 Å². The molecule has 0 aromatic heterocycles. The molecule has 0 aromatic rings. The number of allylic oxidation sites excluding steroid dienone is 2. The number of ketones is 1. The van der Waals surface area contributed by atoms with Crippen molar-refractivity contribution in [3.8, 4) is 0 Å². The van der Waals surface area contributed by atoms with Crippen molar-refractivity contribution in [3.05, 3.63) is 24.3 Å². The number of hydrogen-bond donors (Lipinski definition) is 0. The topological polar surface area (TPSA) is 43.4 Å². The van der Waals surface area contributed by atoms with Gasteiger partial charge in [-0.1, -0.05) is 19.1 Å². The molecule has 2 unspecified atom stereocenters. The van der Waals surface area contributed by atoms with E-state index in [1.165, 1.54) is 13.0 Å². The lowest BCUT2D eigenvalue weighted by Gasteiger charge is -2.27. The van der Waals surface area contributed by atoms with Crippen molar-refractivity contribution in [3.63, 3.8) is 0 Å². The number of carbonyl (C=O) groups excluding carboxylic acids is 2. The maximum absolute atomic E-state index is 11.5. The predicted octanol–water partition coefficient (Wildman–Crippen LogP) is 2.03. The van der Waals surface area contributed by atoms with Gasteiger partial charge in [0.05, 0.1) is 5.92 Å². The van der Waals surface area contributed by atoms with Gasteiger partial charge in [-0.3, -0.25) is 9.59 Å². The van der Waals surface area contributed by atoms with Crippen LogP contribution in [0.2, 0.25) is 0 Å². The lowest BCUT2D eigenvalue weighted by molar-refractivity contribution is -0.154. The molecule has 2 atom stereocenters. The van der Waals surface area contributed by atoms with Crippen molar-refractivity contribution >= 4 is 11.8 Å². The monoisotopic (exact) mass is 208 g/mol. The van der Waals surface area contributed by atoms with Gasteiger partial charge in [0.1, 0.15) is 5.60 Å². The summed E-state index contributed by atoms with van der Waals surface area (Å²) in [5.41, 5.74) is -0.811. The third kappa shape index (κ3) is 2.55. The van der Waals surface area contributed by atoms with Gasteiger partial charge < -0.3 is 4.74 Å². The zero-order valence-electron chi connectivity index (χ0n) is 9.32. The van der Waals surface area contributed by atoms with Crippen molar-refractivity contribution in [1.82, 2.24) is 0 Å². The Hall–Kier alpha value is -1.38. The van der Waals surface area contributed by atoms with Crippen LogP contribution in [0.25, 0.3) is 0 Å². The minimum absolute atomic E-state index is 0.0107. The first-order chi connectivity index (χ1) is 6.99. The van der Waals surface area contributed by atoms with Crippen LogP contribution in [0.4, 0.5) is 0 Å². The van der Waals surface area contributed by atoms with E-state index in [0.717, 1.165) is 6.42 Å². The van der Waals surface area contributed by atoms with Crippen LogP contribution in [-0.2, 0) is 14.3 Å². The van der Waals surface area contributed by atoms with E-state index in [-0.39, 0.29) is 17.7 Å². The minimum Gasteiger partial charge on any atom is -0.454 e. The molecular weight excluding hydrogens is 192 g/mol. The Balaban J connectivity index is 2.87. The van der Waals surface area contributed by atoms with E-state index in [1.54, 1.807) is 13.0 Å². The standard InChI is InChI=1S/C12H16O3/c1-4-5-6-10-11(14)7-8-12(10,3)15-9(2)13/h5-8,10H,4H2,1-3H3. The molecule has 0 amide bonds. The number of rotatable bonds is 3. The van der Waals surface area contributed by atoms with Gasteiger partial charge in [0, 0.05) is 6.92 Å². The second-order valence-electron chi connectivity index (χ2n) is 3.83. The Morgan fingerprint density at radius 3 is 2.87 bits per heavy atom. The zero-order chi connectivity index (χ0) is 11.5. The first-order valence-corrected chi connectivity index (χ1v) is 5.09. The van der Waals surface area contributed by atoms with Gasteiger partial charge in [-0.15, -0.1) is 0 Å². The molecule has 0 bridgehead atoms. The molecule has 0 saturated carbocycles. The summed E-state index contributed by atoms with van der Waals surface area (Å²) in [5.74, 6) is -0.753. The summed E-state index contributed by atoms with van der Waals surface area (Å²) < 4.78 is 5.18. The van der Waals surface area contributed by atoms with Gasteiger partial charge in [-0.2, -0.15) is 0 Å². The highest BCUT2D eigenvalue weighted by atomic mass is 16.6. The molecule has 3 heteroatoms. The van der Waals surface area contributed by atoms with Crippen molar-refractivity contribution in [2.75, 3.05) is 0 Å². The number of carbonyl (C=O) groups is 2. The molecule has 15 heavy (non-hydrogen) atoms. The lowest BCUT2D eigenvalue weighted by Crippen LogP contribution is -2.36. The second kappa shape index (κ2) is 4.43. The van der Waals surface area contributed by atoms with Crippen LogP contribution in [-0.4, -0.2) is 17.4 Å². The first-order valence-electron chi connectivity index (χ1n) is 5.09. The molecule has 0 N–H and O–H groups in total. The molecule has 0 saturated heterocycles. The molecule has 0 spiro atoms. The highest BCUT2D eigenvalue weighted by Crippen LogP contribution is 2.31. The molecular formula is C12H16O3. The summed E-state index contributed by atoms with van der Waals surface area (Å²) in [7, 11) is 0. The Morgan fingerprint density at radius 1 is 1.67 bits per heavy atom. The third-order valence-electron chi connectivity index (χ3n) is 2.43. The summed E-state index contributed by atoms with van der Waals surface area (Å²) in [6.07, 6.45) is 7.72. The number of ether oxygens (including phenoxy) is 1. The van der Waals surface area contributed by atoms with Crippen LogP contribution in [0.5, 0.6) is 0 Å². The van der Waals surface area contributed by atoms with Crippen LogP contribution >= 0.6 is 0 Å². The van der Waals surface area contributed by atoms with Crippen molar-refractivity contribution in [1.29, 1.82) is 0 Å². The summed E-state index contributed by atoms with van der Waals surface area (Å²) in [4.78, 5) is 22.5. The Morgan fingerprint density at radius 2 is 2.33 bits per heavy atom. The fraction of sp³-hybridized carbons (Fsp3) is 0.500. The normalized spacial score (nSPS) is 30.1. The maximum Gasteiger partial charge on any atom is 0.303 e. The van der Waals surface area contributed by atoms with Crippen molar-refractivity contribution in [2.45, 2.75) is 32.8 Å². The molecule has 0 radical (unpaired) electrons. The van der Waals surface area contributed by atoms with Crippen LogP contribution in [0, 0.1) is 5.92 Å². The second-order valence-corrected chi connectivity index (χ2v) is 3.83. The Labute approximate surface area is 89.8 Å². The molecule has 0 heterocycles. The summed E-state index contributed by atoms with van der Waals surface area (Å²) in [6, 6.07) is 0. The number of esters is 1. The van der Waals surface area contributed by atoms with E-state index in [0.29, 0.717) is 0 Å². The van der Waals surface area contributed by atoms with E-state index in [4.69, 9.17) is 4.74 Å². The molecule has 1 rings (SSSR count). The van der Waals surface area contributed by atoms with Crippen LogP contribution in [0.15, 0.2) is 24.3 Å². The van der Waals surface area contributed by atoms with E-state index in [2.05, 4.69) is 0 Å². The molecule has 3 nitrogen and oxygen atoms in total. The minimum atomic E-state index is -0.811. The molecule has 1 aliphatic rings. The van der Waals surface area contributed by atoms with Gasteiger partial charge in [0.2, 0.25) is 0 Å². The molecule has 1 aliphatic carbocycles. The van der Waals surface area contributed by atoms with E-state index >= 15 is 0 Å². The lowest BCUT2D eigenvalue weighted by atomic mass is 9.91. The van der Waals surface area contributed by atoms with Gasteiger partial charge in [-0.25, -0.2) is 0 Å². The first kappa shape index (κ1) is 11.7. The largest absolute Gasteiger partial charge is 0.454 e. The fourth-order valence-corrected chi connectivity index (χ4v) is 1.70. The Kier molecular flexibility index (Phi) is 3.45. The quantitative estimate of drug-likeness (QED) is 0.526. The van der Waals surface area contributed by atoms with E-state index in [1.807, 2.05) is 19.1 Å². The van der Waals surface area contributed by atoms with Crippen molar-refractivity contribution in [2.24, 2.45) is 5.92 Å². The fourth-order valence-electron chi connectivity index (χ4n) is 1.70. The van der Waals surface area contributed by atoms with Gasteiger partial charge in [0.25, 0.3) is 0 Å². The molecule has 0 aromatic carbocycles. The van der Waals surface area contributed by atoms with Gasteiger partial charge in [0.15, 0.2) is 5.78 Å². The number of hydrogen-bond acceptors (Lipinski definition) is 3. The van der Waals surface area contributed by atoms with E-state index in [9.17, 15) is 9.59 Å². The third-order valence-corrected chi connectivity index (χ3v) is 2.43. The zero-order valence-corrected chi connectivity index (χ0v) is 9.32. The van der Waals surface area contributed by atoms with Crippen LogP contribution in [0.3, 0.4) is 0 Å². The molecule has 0 aliphatic heterocycles. The highest BCUT2D eigenvalue weighted by molar-refractivity contribution is 5.97. The molecule has 82 valence electrons. The van der Waals surface area contributed by atoms with Gasteiger partial charge in [-0.05, 0) is 25.5 Å². The predicted molar refractivity (Wildman–Crippen MR) is 57.2 cm³/mol. The maximum atomic E-state index is 11.5. The highest BCUT2D eigenvalue weighted by Gasteiger charge is 2.41. The van der Waals surface area contributed by atoms with Crippen LogP contribution in [0.1, 0.15) is 27.2 Å². The van der Waals surface area contributed by atoms with Crippen LogP contribution < -0.4 is 0 Å². The van der Waals surface area contributed by atoms with E-state index < -0.39 is 5.60 Å². The smallest absolute Gasteiger partial charge is 0.303 e. The summed E-state index contributed by atoms with van der Waals surface area (Å²) >= 11 is 0. The Bertz CT molecular complexity index is 328. The SMILES string of the molecule is CCC=CC1C(=O)C=CC1(C)OC(C)=O. The molecule has 0 fully saturated rings. The average Bonchev–Trinajstić information content (AvgIpc) is 2.39. The average molecular weight is 208 g/mol. The summed E-state index contributed by atoms with van der Waals surface area (Å²) in [5, 5.41) is 0. The summed E-state index contributed by atoms with van der Waals surface area (Å²) in [6.45, 7) is 5.09.